The molecule has 1 aliphatic heterocycles. The molecule has 4 heteroatoms. The first-order valence-corrected chi connectivity index (χ1v) is 8.50. The van der Waals surface area contributed by atoms with Crippen molar-refractivity contribution < 1.29 is 9.15 Å². The molecule has 0 bridgehead atoms. The van der Waals surface area contributed by atoms with Gasteiger partial charge in [0, 0.05) is 25.2 Å². The third-order valence-corrected chi connectivity index (χ3v) is 5.04. The molecule has 0 radical (unpaired) electrons. The maximum Gasteiger partial charge on any atom is 0.295 e. The molecule has 124 valence electrons. The van der Waals surface area contributed by atoms with Crippen LogP contribution in [0.2, 0.25) is 0 Å². The first kappa shape index (κ1) is 15.2. The molecule has 1 aromatic heterocycles. The second-order valence-electron chi connectivity index (χ2n) is 6.55. The number of hydrogen-bond donors (Lipinski definition) is 1. The number of fused-ring (bicyclic) bond motifs is 1. The lowest BCUT2D eigenvalue weighted by molar-refractivity contribution is 0.0540. The van der Waals surface area contributed by atoms with Crippen molar-refractivity contribution in [2.45, 2.75) is 25.2 Å². The molecule has 0 amide bonds. The largest absolute Gasteiger partial charge is 0.424 e. The van der Waals surface area contributed by atoms with E-state index in [1.54, 1.807) is 0 Å². The predicted octanol–water partition coefficient (Wildman–Crippen LogP) is 4.30. The van der Waals surface area contributed by atoms with Crippen molar-refractivity contribution in [3.63, 3.8) is 0 Å². The van der Waals surface area contributed by atoms with Gasteiger partial charge in [-0.3, -0.25) is 0 Å². The molecule has 4 rings (SSSR count). The summed E-state index contributed by atoms with van der Waals surface area (Å²) in [5.41, 5.74) is 4.49. The minimum Gasteiger partial charge on any atom is -0.424 e. The van der Waals surface area contributed by atoms with Crippen LogP contribution in [0.5, 0.6) is 0 Å². The monoisotopic (exact) mass is 322 g/mol. The van der Waals surface area contributed by atoms with Crippen molar-refractivity contribution in [1.82, 2.24) is 4.98 Å². The summed E-state index contributed by atoms with van der Waals surface area (Å²) in [7, 11) is 0. The molecule has 0 aliphatic carbocycles. The topological polar surface area (TPSA) is 47.3 Å². The Bertz CT molecular complexity index is 801. The highest BCUT2D eigenvalue weighted by molar-refractivity contribution is 5.74. The van der Waals surface area contributed by atoms with E-state index >= 15 is 0 Å². The Kier molecular flexibility index (Phi) is 3.98. The van der Waals surface area contributed by atoms with Crippen LogP contribution in [-0.4, -0.2) is 24.7 Å². The van der Waals surface area contributed by atoms with Crippen LogP contribution >= 0.6 is 0 Å². The number of ether oxygens (including phenoxy) is 1. The van der Waals surface area contributed by atoms with E-state index in [-0.39, 0.29) is 5.41 Å². The maximum absolute atomic E-state index is 5.82. The smallest absolute Gasteiger partial charge is 0.295 e. The van der Waals surface area contributed by atoms with Crippen LogP contribution in [-0.2, 0) is 10.2 Å². The molecule has 1 aliphatic rings. The number of rotatable bonds is 4. The van der Waals surface area contributed by atoms with Gasteiger partial charge in [0.2, 0.25) is 0 Å². The molecule has 24 heavy (non-hydrogen) atoms. The third kappa shape index (κ3) is 2.78. The summed E-state index contributed by atoms with van der Waals surface area (Å²) < 4.78 is 11.4. The summed E-state index contributed by atoms with van der Waals surface area (Å²) in [4.78, 5) is 4.54. The summed E-state index contributed by atoms with van der Waals surface area (Å²) in [6, 6.07) is 17.1. The van der Waals surface area contributed by atoms with E-state index in [1.807, 2.05) is 24.3 Å². The van der Waals surface area contributed by atoms with Crippen molar-refractivity contribution in [2.75, 3.05) is 25.1 Å². The molecular formula is C20H22N2O2. The average Bonchev–Trinajstić information content (AvgIpc) is 3.04. The zero-order valence-corrected chi connectivity index (χ0v) is 13.9. The van der Waals surface area contributed by atoms with E-state index in [4.69, 9.17) is 9.15 Å². The number of para-hydroxylation sites is 2. The lowest BCUT2D eigenvalue weighted by Gasteiger charge is -2.38. The molecule has 4 nitrogen and oxygen atoms in total. The molecule has 2 aromatic carbocycles. The Labute approximate surface area is 141 Å². The second-order valence-corrected chi connectivity index (χ2v) is 6.55. The fraction of sp³-hybridized carbons (Fsp3) is 0.350. The molecule has 3 aromatic rings. The third-order valence-electron chi connectivity index (χ3n) is 5.04. The van der Waals surface area contributed by atoms with E-state index < -0.39 is 0 Å². The van der Waals surface area contributed by atoms with Gasteiger partial charge in [0.1, 0.15) is 5.52 Å². The van der Waals surface area contributed by atoms with Crippen LogP contribution in [0.4, 0.5) is 6.01 Å². The van der Waals surface area contributed by atoms with Gasteiger partial charge in [0.25, 0.3) is 6.01 Å². The van der Waals surface area contributed by atoms with Crippen molar-refractivity contribution >= 4 is 17.1 Å². The normalized spacial score (nSPS) is 17.0. The zero-order chi connectivity index (χ0) is 16.4. The molecule has 1 fully saturated rings. The zero-order valence-electron chi connectivity index (χ0n) is 13.9. The van der Waals surface area contributed by atoms with E-state index in [2.05, 4.69) is 41.5 Å². The van der Waals surface area contributed by atoms with E-state index in [0.717, 1.165) is 43.7 Å². The molecule has 0 spiro atoms. The lowest BCUT2D eigenvalue weighted by atomic mass is 9.72. The second kappa shape index (κ2) is 6.29. The van der Waals surface area contributed by atoms with Gasteiger partial charge in [0.05, 0.1) is 0 Å². The van der Waals surface area contributed by atoms with Gasteiger partial charge in [-0.05, 0) is 43.0 Å². The van der Waals surface area contributed by atoms with Crippen LogP contribution in [0.25, 0.3) is 11.1 Å². The molecule has 2 heterocycles. The van der Waals surface area contributed by atoms with E-state index in [1.165, 1.54) is 11.1 Å². The Morgan fingerprint density at radius 1 is 1.04 bits per heavy atom. The lowest BCUT2D eigenvalue weighted by Crippen LogP contribution is -2.40. The number of aromatic nitrogens is 1. The van der Waals surface area contributed by atoms with Crippen LogP contribution in [0.1, 0.15) is 24.0 Å². The summed E-state index contributed by atoms with van der Waals surface area (Å²) in [6.07, 6.45) is 2.01. The van der Waals surface area contributed by atoms with Gasteiger partial charge in [-0.25, -0.2) is 0 Å². The molecule has 0 saturated carbocycles. The molecule has 1 saturated heterocycles. The van der Waals surface area contributed by atoms with Crippen LogP contribution < -0.4 is 5.32 Å². The van der Waals surface area contributed by atoms with Gasteiger partial charge in [-0.2, -0.15) is 4.98 Å². The van der Waals surface area contributed by atoms with Crippen LogP contribution in [0.3, 0.4) is 0 Å². The standard InChI is InChI=1S/C20H22N2O2/c1-15-6-2-3-7-16(15)20(10-12-23-13-11-20)14-21-19-22-17-8-4-5-9-18(17)24-19/h2-9H,10-14H2,1H3,(H,21,22). The summed E-state index contributed by atoms with van der Waals surface area (Å²) in [5, 5.41) is 3.44. The minimum absolute atomic E-state index is 0.0598. The minimum atomic E-state index is 0.0598. The van der Waals surface area contributed by atoms with Crippen molar-refractivity contribution in [3.05, 3.63) is 59.7 Å². The van der Waals surface area contributed by atoms with Gasteiger partial charge in [-0.1, -0.05) is 36.4 Å². The number of nitrogens with zero attached hydrogens (tertiary/aromatic N) is 1. The maximum atomic E-state index is 5.82. The van der Waals surface area contributed by atoms with Crippen LogP contribution in [0, 0.1) is 6.92 Å². The fourth-order valence-corrected chi connectivity index (χ4v) is 3.66. The summed E-state index contributed by atoms with van der Waals surface area (Å²) in [5.74, 6) is 0. The first-order valence-electron chi connectivity index (χ1n) is 8.50. The fourth-order valence-electron chi connectivity index (χ4n) is 3.66. The van der Waals surface area contributed by atoms with Crippen LogP contribution in [0.15, 0.2) is 52.9 Å². The Morgan fingerprint density at radius 3 is 2.58 bits per heavy atom. The number of aryl methyl sites for hydroxylation is 1. The molecular weight excluding hydrogens is 300 g/mol. The Morgan fingerprint density at radius 2 is 1.79 bits per heavy atom. The van der Waals surface area contributed by atoms with E-state index in [0.29, 0.717) is 6.01 Å². The quantitative estimate of drug-likeness (QED) is 0.778. The Hall–Kier alpha value is -2.33. The van der Waals surface area contributed by atoms with Gasteiger partial charge in [-0.15, -0.1) is 0 Å². The van der Waals surface area contributed by atoms with Crippen molar-refractivity contribution in [3.8, 4) is 0 Å². The number of benzene rings is 2. The molecule has 1 N–H and O–H groups in total. The number of hydrogen-bond acceptors (Lipinski definition) is 4. The number of anilines is 1. The average molecular weight is 322 g/mol. The highest BCUT2D eigenvalue weighted by atomic mass is 16.5. The summed E-state index contributed by atoms with van der Waals surface area (Å²) in [6.45, 7) is 4.58. The molecule has 0 atom stereocenters. The highest BCUT2D eigenvalue weighted by Gasteiger charge is 2.35. The van der Waals surface area contributed by atoms with Gasteiger partial charge < -0.3 is 14.5 Å². The number of nitrogens with one attached hydrogen (secondary N) is 1. The first-order chi connectivity index (χ1) is 11.8. The Balaban J connectivity index is 1.61. The predicted molar refractivity (Wildman–Crippen MR) is 95.4 cm³/mol. The van der Waals surface area contributed by atoms with E-state index in [9.17, 15) is 0 Å². The molecule has 0 unspecified atom stereocenters. The van der Waals surface area contributed by atoms with Gasteiger partial charge >= 0.3 is 0 Å². The number of oxazole rings is 1. The summed E-state index contributed by atoms with van der Waals surface area (Å²) >= 11 is 0. The van der Waals surface area contributed by atoms with Crippen molar-refractivity contribution in [1.29, 1.82) is 0 Å². The van der Waals surface area contributed by atoms with Gasteiger partial charge in [0.15, 0.2) is 5.58 Å². The van der Waals surface area contributed by atoms with Crippen molar-refractivity contribution in [2.24, 2.45) is 0 Å². The SMILES string of the molecule is Cc1ccccc1C1(CNc2nc3ccccc3o2)CCOCC1. The highest BCUT2D eigenvalue weighted by Crippen LogP contribution is 2.37.